The second-order valence-corrected chi connectivity index (χ2v) is 12.3. The monoisotopic (exact) mass is 653 g/mol. The number of H-pyrrole nitrogens is 1. The van der Waals surface area contributed by atoms with Gasteiger partial charge in [-0.1, -0.05) is 47.1 Å². The van der Waals surface area contributed by atoms with Crippen LogP contribution in [-0.4, -0.2) is 65.7 Å². The van der Waals surface area contributed by atoms with E-state index in [9.17, 15) is 14.4 Å². The van der Waals surface area contributed by atoms with Gasteiger partial charge in [0.1, 0.15) is 5.56 Å². The number of carbonyl (C=O) groups is 1. The summed E-state index contributed by atoms with van der Waals surface area (Å²) in [6.45, 7) is 3.58. The quantitative estimate of drug-likeness (QED) is 0.268. The van der Waals surface area contributed by atoms with Crippen LogP contribution < -0.4 is 21.3 Å². The molecule has 14 heteroatoms. The molecule has 13 nitrogen and oxygen atoms in total. The number of pyridine rings is 1. The van der Waals surface area contributed by atoms with Crippen LogP contribution in [0.5, 0.6) is 5.88 Å². The molecule has 1 amide bonds. The fourth-order valence-corrected chi connectivity index (χ4v) is 6.99. The maximum atomic E-state index is 13.2. The van der Waals surface area contributed by atoms with E-state index in [1.54, 1.807) is 13.2 Å². The summed E-state index contributed by atoms with van der Waals surface area (Å²) in [5.74, 6) is 0.981. The molecule has 2 aliphatic rings. The molecule has 0 bridgehead atoms. The van der Waals surface area contributed by atoms with Crippen LogP contribution in [0, 0.1) is 6.92 Å². The van der Waals surface area contributed by atoms with Crippen LogP contribution in [0.2, 0.25) is 5.02 Å². The maximum absolute atomic E-state index is 13.2. The van der Waals surface area contributed by atoms with E-state index in [1.807, 2.05) is 37.3 Å². The summed E-state index contributed by atoms with van der Waals surface area (Å²) in [6, 6.07) is 13.6. The van der Waals surface area contributed by atoms with Gasteiger partial charge in [-0.2, -0.15) is 5.21 Å². The molecule has 1 aliphatic heterocycles. The number of amides is 1. The van der Waals surface area contributed by atoms with Gasteiger partial charge in [0.25, 0.3) is 11.5 Å². The lowest BCUT2D eigenvalue weighted by Gasteiger charge is -2.42. The van der Waals surface area contributed by atoms with E-state index in [4.69, 9.17) is 21.3 Å². The minimum atomic E-state index is -0.670. The zero-order chi connectivity index (χ0) is 33.0. The van der Waals surface area contributed by atoms with E-state index >= 15 is 0 Å². The summed E-state index contributed by atoms with van der Waals surface area (Å²) in [6.07, 6.45) is 3.11. The number of ether oxygens (including phenoxy) is 1. The highest BCUT2D eigenvalue weighted by atomic mass is 35.5. The molecule has 1 fully saturated rings. The third-order valence-electron chi connectivity index (χ3n) is 9.24. The Hall–Kier alpha value is -5.14. The number of likely N-dealkylation sites (tertiary alicyclic amines) is 1. The number of nitrogens with zero attached hydrogens (tertiary/aromatic N) is 7. The topological polar surface area (TPSA) is 153 Å². The molecule has 1 saturated heterocycles. The van der Waals surface area contributed by atoms with E-state index < -0.39 is 17.2 Å². The van der Waals surface area contributed by atoms with Gasteiger partial charge in [0.15, 0.2) is 5.82 Å². The van der Waals surface area contributed by atoms with Crippen LogP contribution in [0.15, 0.2) is 58.3 Å². The Labute approximate surface area is 274 Å². The summed E-state index contributed by atoms with van der Waals surface area (Å²) in [5, 5.41) is 17.9. The molecule has 1 atom stereocenters. The number of carbonyl (C=O) groups excluding carboxylic acids is 1. The largest absolute Gasteiger partial charge is 0.481 e. The highest BCUT2D eigenvalue weighted by molar-refractivity contribution is 6.36. The molecule has 2 aromatic carbocycles. The number of hydrogen-bond acceptors (Lipinski definition) is 9. The van der Waals surface area contributed by atoms with Crippen molar-refractivity contribution in [1.82, 2.24) is 39.6 Å². The van der Waals surface area contributed by atoms with Crippen LogP contribution >= 0.6 is 11.6 Å². The second kappa shape index (κ2) is 11.9. The van der Waals surface area contributed by atoms with E-state index in [-0.39, 0.29) is 17.5 Å². The summed E-state index contributed by atoms with van der Waals surface area (Å²) < 4.78 is 7.96. The van der Waals surface area contributed by atoms with Gasteiger partial charge < -0.3 is 14.6 Å². The highest BCUT2D eigenvalue weighted by Crippen LogP contribution is 2.47. The molecule has 7 rings (SSSR count). The average molecular weight is 654 g/mol. The minimum Gasteiger partial charge on any atom is -0.481 e. The van der Waals surface area contributed by atoms with Crippen molar-refractivity contribution < 1.29 is 9.53 Å². The minimum absolute atomic E-state index is 0.140. The molecular formula is C33H32ClN9O4. The molecule has 1 aliphatic carbocycles. The number of anilines is 1. The number of benzene rings is 2. The fourth-order valence-electron chi connectivity index (χ4n) is 6.67. The number of aromatic nitrogens is 7. The Morgan fingerprint density at radius 3 is 2.57 bits per heavy atom. The van der Waals surface area contributed by atoms with Gasteiger partial charge in [0, 0.05) is 67.7 Å². The number of rotatable bonds is 7. The number of methoxy groups -OCH3 is 1. The number of halogens is 1. The zero-order valence-corrected chi connectivity index (χ0v) is 27.0. The average Bonchev–Trinajstić information content (AvgIpc) is 3.73. The molecule has 3 aromatic heterocycles. The van der Waals surface area contributed by atoms with E-state index in [0.29, 0.717) is 22.3 Å². The number of tetrazole rings is 1. The smallest absolute Gasteiger partial charge is 0.330 e. The van der Waals surface area contributed by atoms with Crippen molar-refractivity contribution >= 4 is 23.2 Å². The number of fused-ring (bicyclic) bond motifs is 1. The first kappa shape index (κ1) is 30.5. The third kappa shape index (κ3) is 5.21. The van der Waals surface area contributed by atoms with Crippen molar-refractivity contribution in [2.45, 2.75) is 31.7 Å². The summed E-state index contributed by atoms with van der Waals surface area (Å²) in [7, 11) is 4.47. The van der Waals surface area contributed by atoms with Gasteiger partial charge in [-0.05, 0) is 48.6 Å². The van der Waals surface area contributed by atoms with Crippen molar-refractivity contribution in [2.24, 2.45) is 14.1 Å². The molecule has 0 spiro atoms. The second-order valence-electron chi connectivity index (χ2n) is 12.0. The normalized spacial score (nSPS) is 16.1. The van der Waals surface area contributed by atoms with E-state index in [1.165, 1.54) is 30.4 Å². The lowest BCUT2D eigenvalue weighted by Crippen LogP contribution is -2.46. The Morgan fingerprint density at radius 1 is 1.09 bits per heavy atom. The van der Waals surface area contributed by atoms with Crippen molar-refractivity contribution in [3.05, 3.63) is 103 Å². The lowest BCUT2D eigenvalue weighted by atomic mass is 9.94. The van der Waals surface area contributed by atoms with Gasteiger partial charge in [-0.15, -0.1) is 10.2 Å². The Bertz CT molecular complexity index is 2150. The van der Waals surface area contributed by atoms with Gasteiger partial charge in [-0.25, -0.2) is 9.78 Å². The van der Waals surface area contributed by atoms with E-state index in [2.05, 4.69) is 36.9 Å². The van der Waals surface area contributed by atoms with Gasteiger partial charge >= 0.3 is 5.69 Å². The molecule has 4 heterocycles. The summed E-state index contributed by atoms with van der Waals surface area (Å²) >= 11 is 7.12. The third-order valence-corrected chi connectivity index (χ3v) is 9.65. The highest BCUT2D eigenvalue weighted by Gasteiger charge is 2.40. The fraction of sp³-hybridized carbons (Fsp3) is 0.303. The standard InChI is InChI=1S/C33H32ClN9O4/c1-17-20(7-6-10-24(17)35-30(44)23-16-41(2)33(46)42(3)32(23)45)21-8-5-9-22(28(21)34)25-13-18-11-12-26(27(18)31(36-25)47-4)43-14-19(15-43)29-37-39-40-38-29/h5-10,13,16,19,26H,11-12,14-15H2,1-4H3,(H,35,44)(H,37,38,39,40). The molecule has 0 radical (unpaired) electrons. The van der Waals surface area contributed by atoms with Crippen LogP contribution in [0.3, 0.4) is 0 Å². The lowest BCUT2D eigenvalue weighted by molar-refractivity contribution is 0.0860. The predicted molar refractivity (Wildman–Crippen MR) is 176 cm³/mol. The van der Waals surface area contributed by atoms with Crippen molar-refractivity contribution in [3.8, 4) is 28.3 Å². The van der Waals surface area contributed by atoms with Crippen LogP contribution in [0.1, 0.15) is 51.3 Å². The van der Waals surface area contributed by atoms with Crippen molar-refractivity contribution in [1.29, 1.82) is 0 Å². The molecule has 2 N–H and O–H groups in total. The summed E-state index contributed by atoms with van der Waals surface area (Å²) in [5.41, 5.74) is 5.31. The van der Waals surface area contributed by atoms with Gasteiger partial charge in [-0.3, -0.25) is 19.1 Å². The number of aromatic amines is 1. The van der Waals surface area contributed by atoms with Crippen LogP contribution in [0.25, 0.3) is 22.4 Å². The molecule has 47 heavy (non-hydrogen) atoms. The van der Waals surface area contributed by atoms with Crippen molar-refractivity contribution in [3.63, 3.8) is 0 Å². The Morgan fingerprint density at radius 2 is 1.83 bits per heavy atom. The Kier molecular flexibility index (Phi) is 7.73. The SMILES string of the molecule is COc1nc(-c2cccc(-c3cccc(NC(=O)c4cn(C)c(=O)n(C)c4=O)c3C)c2Cl)cc2c1C(N1CC(c3nn[nH]n3)C1)CC2. The first-order chi connectivity index (χ1) is 22.7. The van der Waals surface area contributed by atoms with Gasteiger partial charge in [0.2, 0.25) is 5.88 Å². The number of aryl methyl sites for hydroxylation is 2. The molecule has 5 aromatic rings. The number of hydrogen-bond donors (Lipinski definition) is 2. The molecule has 1 unspecified atom stereocenters. The molecular weight excluding hydrogens is 622 g/mol. The number of nitrogens with one attached hydrogen (secondary N) is 2. The predicted octanol–water partition coefficient (Wildman–Crippen LogP) is 3.64. The first-order valence-electron chi connectivity index (χ1n) is 15.2. The van der Waals surface area contributed by atoms with Crippen LogP contribution in [-0.2, 0) is 20.5 Å². The van der Waals surface area contributed by atoms with Crippen molar-refractivity contribution in [2.75, 3.05) is 25.5 Å². The zero-order valence-electron chi connectivity index (χ0n) is 26.2. The van der Waals surface area contributed by atoms with Crippen LogP contribution in [0.4, 0.5) is 5.69 Å². The summed E-state index contributed by atoms with van der Waals surface area (Å²) in [4.78, 5) is 45.3. The molecule has 0 saturated carbocycles. The molecule has 240 valence electrons. The van der Waals surface area contributed by atoms with Gasteiger partial charge in [0.05, 0.1) is 17.8 Å². The Balaban J connectivity index is 1.18. The first-order valence-corrected chi connectivity index (χ1v) is 15.6. The maximum Gasteiger partial charge on any atom is 0.330 e. The van der Waals surface area contributed by atoms with E-state index in [0.717, 1.165) is 64.1 Å².